The van der Waals surface area contributed by atoms with Crippen molar-refractivity contribution in [1.82, 2.24) is 5.32 Å². The molecule has 0 aromatic rings. The molecule has 4 nitrogen and oxygen atoms in total. The van der Waals surface area contributed by atoms with Gasteiger partial charge < -0.3 is 15.8 Å². The van der Waals surface area contributed by atoms with Crippen LogP contribution in [0.15, 0.2) is 0 Å². The molecule has 0 aromatic heterocycles. The summed E-state index contributed by atoms with van der Waals surface area (Å²) in [5.41, 5.74) is 6.08. The smallest absolute Gasteiger partial charge is 0.237 e. The molecule has 0 radical (unpaired) electrons. The SMILES string of the molecule is NC(C(=O)NC1CCCCCC1)C1CCOCC1. The van der Waals surface area contributed by atoms with Crippen molar-refractivity contribution in [2.24, 2.45) is 11.7 Å². The van der Waals surface area contributed by atoms with Gasteiger partial charge in [-0.05, 0) is 31.6 Å². The summed E-state index contributed by atoms with van der Waals surface area (Å²) in [6.07, 6.45) is 9.14. The molecular weight excluding hydrogens is 228 g/mol. The topological polar surface area (TPSA) is 64.4 Å². The number of nitrogens with one attached hydrogen (secondary N) is 1. The second-order valence-electron chi connectivity index (χ2n) is 5.67. The van der Waals surface area contributed by atoms with Crippen molar-refractivity contribution in [3.63, 3.8) is 0 Å². The Morgan fingerprint density at radius 3 is 2.28 bits per heavy atom. The zero-order valence-corrected chi connectivity index (χ0v) is 11.2. The second kappa shape index (κ2) is 7.10. The molecule has 0 aromatic carbocycles. The third-order valence-corrected chi connectivity index (χ3v) is 4.28. The van der Waals surface area contributed by atoms with E-state index in [2.05, 4.69) is 5.32 Å². The molecule has 1 heterocycles. The van der Waals surface area contributed by atoms with E-state index < -0.39 is 0 Å². The molecule has 104 valence electrons. The fourth-order valence-corrected chi connectivity index (χ4v) is 3.01. The molecular formula is C14H26N2O2. The van der Waals surface area contributed by atoms with Crippen LogP contribution in [0.3, 0.4) is 0 Å². The lowest BCUT2D eigenvalue weighted by atomic mass is 9.91. The Bertz CT molecular complexity index is 257. The van der Waals surface area contributed by atoms with Gasteiger partial charge in [-0.1, -0.05) is 25.7 Å². The van der Waals surface area contributed by atoms with E-state index in [0.717, 1.165) is 38.9 Å². The predicted octanol–water partition coefficient (Wildman–Crippen LogP) is 1.58. The van der Waals surface area contributed by atoms with Gasteiger partial charge in [-0.2, -0.15) is 0 Å². The molecule has 0 bridgehead atoms. The Balaban J connectivity index is 1.78. The van der Waals surface area contributed by atoms with Gasteiger partial charge in [0.25, 0.3) is 0 Å². The summed E-state index contributed by atoms with van der Waals surface area (Å²) >= 11 is 0. The first kappa shape index (κ1) is 13.8. The molecule has 2 fully saturated rings. The van der Waals surface area contributed by atoms with E-state index in [-0.39, 0.29) is 11.9 Å². The van der Waals surface area contributed by atoms with Crippen molar-refractivity contribution in [2.75, 3.05) is 13.2 Å². The number of rotatable bonds is 3. The second-order valence-corrected chi connectivity index (χ2v) is 5.67. The van der Waals surface area contributed by atoms with Crippen LogP contribution in [-0.4, -0.2) is 31.2 Å². The van der Waals surface area contributed by atoms with Gasteiger partial charge in [0.15, 0.2) is 0 Å². The molecule has 4 heteroatoms. The van der Waals surface area contributed by atoms with Crippen LogP contribution in [0, 0.1) is 5.92 Å². The molecule has 1 atom stereocenters. The molecule has 1 aliphatic heterocycles. The van der Waals surface area contributed by atoms with Gasteiger partial charge in [0.05, 0.1) is 6.04 Å². The lowest BCUT2D eigenvalue weighted by Gasteiger charge is -2.28. The lowest BCUT2D eigenvalue weighted by Crippen LogP contribution is -2.50. The van der Waals surface area contributed by atoms with Gasteiger partial charge in [0.2, 0.25) is 5.91 Å². The Morgan fingerprint density at radius 1 is 1.06 bits per heavy atom. The van der Waals surface area contributed by atoms with E-state index in [1.807, 2.05) is 0 Å². The van der Waals surface area contributed by atoms with Gasteiger partial charge in [0.1, 0.15) is 0 Å². The average Bonchev–Trinajstić information content (AvgIpc) is 2.67. The van der Waals surface area contributed by atoms with Crippen molar-refractivity contribution in [3.05, 3.63) is 0 Å². The zero-order valence-electron chi connectivity index (χ0n) is 11.2. The first-order valence-electron chi connectivity index (χ1n) is 7.41. The minimum absolute atomic E-state index is 0.0498. The van der Waals surface area contributed by atoms with Gasteiger partial charge >= 0.3 is 0 Å². The highest BCUT2D eigenvalue weighted by atomic mass is 16.5. The van der Waals surface area contributed by atoms with Crippen LogP contribution in [0.4, 0.5) is 0 Å². The Labute approximate surface area is 110 Å². The Morgan fingerprint density at radius 2 is 1.67 bits per heavy atom. The highest BCUT2D eigenvalue weighted by Crippen LogP contribution is 2.20. The van der Waals surface area contributed by atoms with E-state index in [4.69, 9.17) is 10.5 Å². The van der Waals surface area contributed by atoms with Crippen LogP contribution in [0.25, 0.3) is 0 Å². The van der Waals surface area contributed by atoms with Crippen LogP contribution in [-0.2, 0) is 9.53 Å². The molecule has 1 aliphatic carbocycles. The molecule has 1 saturated heterocycles. The number of hydrogen-bond acceptors (Lipinski definition) is 3. The van der Waals surface area contributed by atoms with E-state index >= 15 is 0 Å². The van der Waals surface area contributed by atoms with E-state index in [1.54, 1.807) is 0 Å². The Hall–Kier alpha value is -0.610. The third kappa shape index (κ3) is 3.95. The van der Waals surface area contributed by atoms with Crippen LogP contribution in [0.5, 0.6) is 0 Å². The summed E-state index contributed by atoms with van der Waals surface area (Å²) in [5, 5.41) is 3.15. The number of hydrogen-bond donors (Lipinski definition) is 2. The third-order valence-electron chi connectivity index (χ3n) is 4.28. The van der Waals surface area contributed by atoms with Crippen LogP contribution in [0.1, 0.15) is 51.4 Å². The molecule has 3 N–H and O–H groups in total. The van der Waals surface area contributed by atoms with Gasteiger partial charge in [-0.3, -0.25) is 4.79 Å². The van der Waals surface area contributed by atoms with Crippen molar-refractivity contribution < 1.29 is 9.53 Å². The van der Waals surface area contributed by atoms with Crippen LogP contribution >= 0.6 is 0 Å². The quantitative estimate of drug-likeness (QED) is 0.752. The molecule has 1 unspecified atom stereocenters. The summed E-state index contributed by atoms with van der Waals surface area (Å²) in [6, 6.07) is 0.00282. The number of nitrogens with two attached hydrogens (primary N) is 1. The standard InChI is InChI=1S/C14H26N2O2/c15-13(11-7-9-18-10-8-11)14(17)16-12-5-3-1-2-4-6-12/h11-13H,1-10,15H2,(H,16,17). The first-order valence-corrected chi connectivity index (χ1v) is 7.41. The van der Waals surface area contributed by atoms with Crippen molar-refractivity contribution in [2.45, 2.75) is 63.5 Å². The maximum atomic E-state index is 12.1. The summed E-state index contributed by atoms with van der Waals surface area (Å²) in [5.74, 6) is 0.346. The predicted molar refractivity (Wildman–Crippen MR) is 71.2 cm³/mol. The average molecular weight is 254 g/mol. The number of carbonyl (C=O) groups is 1. The number of ether oxygens (including phenoxy) is 1. The van der Waals surface area contributed by atoms with Crippen LogP contribution < -0.4 is 11.1 Å². The van der Waals surface area contributed by atoms with Crippen LogP contribution in [0.2, 0.25) is 0 Å². The van der Waals surface area contributed by atoms with Crippen molar-refractivity contribution >= 4 is 5.91 Å². The summed E-state index contributed by atoms with van der Waals surface area (Å²) < 4.78 is 5.31. The Kier molecular flexibility index (Phi) is 5.45. The summed E-state index contributed by atoms with van der Waals surface area (Å²) in [6.45, 7) is 1.49. The van der Waals surface area contributed by atoms with E-state index in [9.17, 15) is 4.79 Å². The molecule has 1 saturated carbocycles. The van der Waals surface area contributed by atoms with E-state index in [1.165, 1.54) is 25.7 Å². The van der Waals surface area contributed by atoms with Gasteiger partial charge in [0, 0.05) is 19.3 Å². The summed E-state index contributed by atoms with van der Waals surface area (Å²) in [7, 11) is 0. The maximum absolute atomic E-state index is 12.1. The fraction of sp³-hybridized carbons (Fsp3) is 0.929. The monoisotopic (exact) mass is 254 g/mol. The minimum atomic E-state index is -0.350. The van der Waals surface area contributed by atoms with Crippen molar-refractivity contribution in [3.8, 4) is 0 Å². The highest BCUT2D eigenvalue weighted by Gasteiger charge is 2.27. The zero-order chi connectivity index (χ0) is 12.8. The van der Waals surface area contributed by atoms with Gasteiger partial charge in [-0.15, -0.1) is 0 Å². The molecule has 1 amide bonds. The summed E-state index contributed by atoms with van der Waals surface area (Å²) in [4.78, 5) is 12.1. The lowest BCUT2D eigenvalue weighted by molar-refractivity contribution is -0.125. The number of carbonyl (C=O) groups excluding carboxylic acids is 1. The minimum Gasteiger partial charge on any atom is -0.381 e. The molecule has 2 aliphatic rings. The van der Waals surface area contributed by atoms with Gasteiger partial charge in [-0.25, -0.2) is 0 Å². The van der Waals surface area contributed by atoms with Crippen molar-refractivity contribution in [1.29, 1.82) is 0 Å². The maximum Gasteiger partial charge on any atom is 0.237 e. The normalized spacial score (nSPS) is 25.4. The first-order chi connectivity index (χ1) is 8.77. The molecule has 2 rings (SSSR count). The molecule has 18 heavy (non-hydrogen) atoms. The highest BCUT2D eigenvalue weighted by molar-refractivity contribution is 5.82. The largest absolute Gasteiger partial charge is 0.381 e. The number of amides is 1. The molecule has 0 spiro atoms. The fourth-order valence-electron chi connectivity index (χ4n) is 3.01. The van der Waals surface area contributed by atoms with E-state index in [0.29, 0.717) is 12.0 Å².